The Bertz CT molecular complexity index is 563. The smallest absolute Gasteiger partial charge is 0.207 e. The fourth-order valence-electron chi connectivity index (χ4n) is 1.75. The summed E-state index contributed by atoms with van der Waals surface area (Å²) in [5.41, 5.74) is 0.0978. The minimum Gasteiger partial charge on any atom is -0.385 e. The van der Waals surface area contributed by atoms with E-state index in [-0.39, 0.29) is 5.69 Å². The van der Waals surface area contributed by atoms with E-state index in [0.717, 1.165) is 18.6 Å². The third kappa shape index (κ3) is 3.30. The number of aromatic nitrogens is 2. The van der Waals surface area contributed by atoms with Gasteiger partial charge in [0.1, 0.15) is 0 Å². The summed E-state index contributed by atoms with van der Waals surface area (Å²) in [5.74, 6) is -3.56. The van der Waals surface area contributed by atoms with Crippen LogP contribution in [0, 0.1) is 17.5 Å². The molecule has 2 aromatic rings. The lowest BCUT2D eigenvalue weighted by molar-refractivity contribution is 0.190. The SMILES string of the molecule is COCCCn1ccnc1Nc1cc(F)c(F)c(F)c1. The molecule has 1 heterocycles. The molecule has 0 aliphatic carbocycles. The number of aryl methyl sites for hydroxylation is 1. The number of anilines is 2. The molecule has 1 N–H and O–H groups in total. The van der Waals surface area contributed by atoms with Gasteiger partial charge in [-0.3, -0.25) is 0 Å². The van der Waals surface area contributed by atoms with Crippen molar-refractivity contribution in [2.75, 3.05) is 19.0 Å². The van der Waals surface area contributed by atoms with Crippen LogP contribution in [0.5, 0.6) is 0 Å². The van der Waals surface area contributed by atoms with Crippen molar-refractivity contribution < 1.29 is 17.9 Å². The summed E-state index contributed by atoms with van der Waals surface area (Å²) in [5, 5.41) is 2.75. The minimum atomic E-state index is -1.49. The predicted octanol–water partition coefficient (Wildman–Crippen LogP) is 3.08. The number of hydrogen-bond donors (Lipinski definition) is 1. The molecule has 7 heteroatoms. The highest BCUT2D eigenvalue weighted by atomic mass is 19.2. The van der Waals surface area contributed by atoms with Crippen LogP contribution in [0.25, 0.3) is 0 Å². The average Bonchev–Trinajstić information content (AvgIpc) is 2.84. The zero-order chi connectivity index (χ0) is 14.5. The van der Waals surface area contributed by atoms with Crippen LogP contribution in [0.2, 0.25) is 0 Å². The van der Waals surface area contributed by atoms with E-state index < -0.39 is 17.5 Å². The summed E-state index contributed by atoms with van der Waals surface area (Å²) in [6, 6.07) is 1.76. The van der Waals surface area contributed by atoms with Gasteiger partial charge in [0.25, 0.3) is 0 Å². The maximum atomic E-state index is 13.1. The van der Waals surface area contributed by atoms with Crippen LogP contribution in [-0.4, -0.2) is 23.3 Å². The van der Waals surface area contributed by atoms with E-state index in [1.54, 1.807) is 24.1 Å². The Labute approximate surface area is 114 Å². The molecule has 0 saturated carbocycles. The number of nitrogens with one attached hydrogen (secondary N) is 1. The number of rotatable bonds is 6. The van der Waals surface area contributed by atoms with Gasteiger partial charge in [0.15, 0.2) is 17.5 Å². The molecule has 0 aliphatic heterocycles. The number of hydrogen-bond acceptors (Lipinski definition) is 3. The zero-order valence-electron chi connectivity index (χ0n) is 10.9. The van der Waals surface area contributed by atoms with Crippen molar-refractivity contribution in [3.63, 3.8) is 0 Å². The van der Waals surface area contributed by atoms with Gasteiger partial charge in [-0.1, -0.05) is 0 Å². The van der Waals surface area contributed by atoms with Crippen LogP contribution in [0.15, 0.2) is 24.5 Å². The van der Waals surface area contributed by atoms with Gasteiger partial charge >= 0.3 is 0 Å². The van der Waals surface area contributed by atoms with Crippen molar-refractivity contribution >= 4 is 11.6 Å². The Balaban J connectivity index is 2.12. The Morgan fingerprint density at radius 3 is 2.60 bits per heavy atom. The molecule has 20 heavy (non-hydrogen) atoms. The van der Waals surface area contributed by atoms with Crippen molar-refractivity contribution in [1.29, 1.82) is 0 Å². The van der Waals surface area contributed by atoms with Crippen molar-refractivity contribution in [2.45, 2.75) is 13.0 Å². The fourth-order valence-corrected chi connectivity index (χ4v) is 1.75. The van der Waals surface area contributed by atoms with Crippen LogP contribution in [0.3, 0.4) is 0 Å². The fraction of sp³-hybridized carbons (Fsp3) is 0.308. The third-order valence-electron chi connectivity index (χ3n) is 2.70. The summed E-state index contributed by atoms with van der Waals surface area (Å²) in [7, 11) is 1.61. The quantitative estimate of drug-likeness (QED) is 0.655. The number of halogens is 3. The van der Waals surface area contributed by atoms with Gasteiger partial charge in [0.05, 0.1) is 0 Å². The van der Waals surface area contributed by atoms with Crippen LogP contribution in [0.4, 0.5) is 24.8 Å². The molecule has 0 radical (unpaired) electrons. The van der Waals surface area contributed by atoms with E-state index in [9.17, 15) is 13.2 Å². The Morgan fingerprint density at radius 2 is 1.95 bits per heavy atom. The second kappa shape index (κ2) is 6.42. The van der Waals surface area contributed by atoms with Crippen molar-refractivity contribution in [1.82, 2.24) is 9.55 Å². The molecule has 0 aliphatic rings. The standard InChI is InChI=1S/C13H14F3N3O/c1-20-6-2-4-19-5-3-17-13(19)18-9-7-10(14)12(16)11(15)8-9/h3,5,7-8H,2,4,6H2,1H3,(H,17,18). The molecule has 4 nitrogen and oxygen atoms in total. The van der Waals surface area contributed by atoms with E-state index in [4.69, 9.17) is 4.74 Å². The van der Waals surface area contributed by atoms with Gasteiger partial charge in [-0.25, -0.2) is 18.2 Å². The highest BCUT2D eigenvalue weighted by Crippen LogP contribution is 2.20. The predicted molar refractivity (Wildman–Crippen MR) is 68.3 cm³/mol. The summed E-state index contributed by atoms with van der Waals surface area (Å²) < 4.78 is 45.8. The maximum Gasteiger partial charge on any atom is 0.207 e. The number of benzene rings is 1. The van der Waals surface area contributed by atoms with E-state index >= 15 is 0 Å². The Kier molecular flexibility index (Phi) is 4.62. The molecule has 0 amide bonds. The average molecular weight is 285 g/mol. The lowest BCUT2D eigenvalue weighted by Crippen LogP contribution is -2.06. The van der Waals surface area contributed by atoms with E-state index in [0.29, 0.717) is 19.1 Å². The number of methoxy groups -OCH3 is 1. The number of ether oxygens (including phenoxy) is 1. The first-order valence-electron chi connectivity index (χ1n) is 6.03. The molecule has 1 aromatic heterocycles. The molecular formula is C13H14F3N3O. The largest absolute Gasteiger partial charge is 0.385 e. The maximum absolute atomic E-state index is 13.1. The van der Waals surface area contributed by atoms with Crippen LogP contribution < -0.4 is 5.32 Å². The summed E-state index contributed by atoms with van der Waals surface area (Å²) in [6.07, 6.45) is 4.06. The molecule has 2 rings (SSSR count). The zero-order valence-corrected chi connectivity index (χ0v) is 10.9. The second-order valence-corrected chi connectivity index (χ2v) is 4.17. The normalized spacial score (nSPS) is 10.8. The van der Waals surface area contributed by atoms with E-state index in [1.165, 1.54) is 0 Å². The minimum absolute atomic E-state index is 0.0978. The lowest BCUT2D eigenvalue weighted by Gasteiger charge is -2.10. The molecule has 108 valence electrons. The molecule has 0 bridgehead atoms. The van der Waals surface area contributed by atoms with E-state index in [2.05, 4.69) is 10.3 Å². The summed E-state index contributed by atoms with van der Waals surface area (Å²) in [6.45, 7) is 1.24. The monoisotopic (exact) mass is 285 g/mol. The van der Waals surface area contributed by atoms with Gasteiger partial charge in [-0.05, 0) is 6.42 Å². The van der Waals surface area contributed by atoms with Crippen molar-refractivity contribution in [3.8, 4) is 0 Å². The highest BCUT2D eigenvalue weighted by molar-refractivity contribution is 5.53. The Morgan fingerprint density at radius 1 is 1.25 bits per heavy atom. The highest BCUT2D eigenvalue weighted by Gasteiger charge is 2.11. The molecular weight excluding hydrogens is 271 g/mol. The van der Waals surface area contributed by atoms with E-state index in [1.807, 2.05) is 0 Å². The number of imidazole rings is 1. The summed E-state index contributed by atoms with van der Waals surface area (Å²) in [4.78, 5) is 4.04. The van der Waals surface area contributed by atoms with Crippen molar-refractivity contribution in [2.24, 2.45) is 0 Å². The van der Waals surface area contributed by atoms with Gasteiger partial charge in [0.2, 0.25) is 5.95 Å². The lowest BCUT2D eigenvalue weighted by atomic mass is 10.3. The van der Waals surface area contributed by atoms with Crippen LogP contribution >= 0.6 is 0 Å². The first-order chi connectivity index (χ1) is 9.61. The molecule has 0 atom stereocenters. The van der Waals surface area contributed by atoms with Crippen LogP contribution in [0.1, 0.15) is 6.42 Å². The molecule has 0 saturated heterocycles. The van der Waals surface area contributed by atoms with Gasteiger partial charge < -0.3 is 14.6 Å². The van der Waals surface area contributed by atoms with Gasteiger partial charge in [-0.2, -0.15) is 0 Å². The molecule has 0 spiro atoms. The second-order valence-electron chi connectivity index (χ2n) is 4.17. The molecule has 1 aromatic carbocycles. The Hall–Kier alpha value is -2.02. The van der Waals surface area contributed by atoms with Gasteiger partial charge in [0, 0.05) is 50.5 Å². The van der Waals surface area contributed by atoms with Crippen LogP contribution in [-0.2, 0) is 11.3 Å². The first-order valence-corrected chi connectivity index (χ1v) is 6.03. The first kappa shape index (κ1) is 14.4. The molecule has 0 unspecified atom stereocenters. The molecule has 0 fully saturated rings. The third-order valence-corrected chi connectivity index (χ3v) is 2.70. The number of nitrogens with zero attached hydrogens (tertiary/aromatic N) is 2. The van der Waals surface area contributed by atoms with Crippen molar-refractivity contribution in [3.05, 3.63) is 42.0 Å². The van der Waals surface area contributed by atoms with Gasteiger partial charge in [-0.15, -0.1) is 0 Å². The summed E-state index contributed by atoms with van der Waals surface area (Å²) >= 11 is 0. The topological polar surface area (TPSA) is 39.1 Å².